The van der Waals surface area contributed by atoms with E-state index >= 15 is 0 Å². The van der Waals surface area contributed by atoms with Crippen molar-refractivity contribution < 1.29 is 0 Å². The minimum Gasteiger partial charge on any atom is -0.318 e. The van der Waals surface area contributed by atoms with Crippen molar-refractivity contribution in [3.05, 3.63) is 106 Å². The molecule has 2 heteroatoms. The van der Waals surface area contributed by atoms with Crippen LogP contribution in [-0.2, 0) is 5.41 Å². The molecule has 0 aromatic heterocycles. The Morgan fingerprint density at radius 1 is 0.550 bits per heavy atom. The Kier molecular flexibility index (Phi) is 6.56. The highest BCUT2D eigenvalue weighted by Crippen LogP contribution is 2.67. The van der Waals surface area contributed by atoms with E-state index in [1.807, 2.05) is 0 Å². The second-order valence-corrected chi connectivity index (χ2v) is 13.2. The summed E-state index contributed by atoms with van der Waals surface area (Å²) >= 11 is 0. The van der Waals surface area contributed by atoms with Gasteiger partial charge in [0.05, 0.1) is 5.70 Å². The molecule has 0 bridgehead atoms. The first-order valence-corrected chi connectivity index (χ1v) is 16.1. The van der Waals surface area contributed by atoms with Crippen LogP contribution in [0.25, 0.3) is 0 Å². The van der Waals surface area contributed by atoms with E-state index in [2.05, 4.69) is 104 Å². The van der Waals surface area contributed by atoms with Crippen LogP contribution < -0.4 is 9.80 Å². The Bertz CT molecular complexity index is 1400. The van der Waals surface area contributed by atoms with Gasteiger partial charge in [0, 0.05) is 28.1 Å². The Hall–Kier alpha value is -3.00. The molecule has 3 aromatic carbocycles. The molecular formula is C38H46N2. The van der Waals surface area contributed by atoms with Crippen molar-refractivity contribution in [3.63, 3.8) is 0 Å². The zero-order valence-electron chi connectivity index (χ0n) is 25.0. The summed E-state index contributed by atoms with van der Waals surface area (Å²) in [6.07, 6.45) is 14.0. The van der Waals surface area contributed by atoms with Gasteiger partial charge in [-0.05, 0) is 99.6 Å². The molecule has 2 aliphatic carbocycles. The molecule has 0 radical (unpaired) electrons. The fourth-order valence-corrected chi connectivity index (χ4v) is 9.54. The van der Waals surface area contributed by atoms with Gasteiger partial charge < -0.3 is 9.80 Å². The Labute approximate surface area is 242 Å². The number of anilines is 2. The molecule has 2 heterocycles. The maximum absolute atomic E-state index is 2.84. The number of nitrogens with zero attached hydrogens (tertiary/aromatic N) is 2. The highest BCUT2D eigenvalue weighted by atomic mass is 15.4. The molecule has 0 spiro atoms. The number of aryl methyl sites for hydroxylation is 3. The molecule has 0 amide bonds. The first kappa shape index (κ1) is 25.9. The van der Waals surface area contributed by atoms with Gasteiger partial charge in [0.2, 0.25) is 0 Å². The lowest BCUT2D eigenvalue weighted by atomic mass is 9.55. The van der Waals surface area contributed by atoms with Crippen LogP contribution in [0.3, 0.4) is 0 Å². The molecule has 7 rings (SSSR count). The molecule has 1 unspecified atom stereocenters. The summed E-state index contributed by atoms with van der Waals surface area (Å²) in [6, 6.07) is 25.6. The van der Waals surface area contributed by atoms with Crippen LogP contribution in [0.4, 0.5) is 11.4 Å². The third-order valence-corrected chi connectivity index (χ3v) is 11.1. The topological polar surface area (TPSA) is 6.48 Å². The van der Waals surface area contributed by atoms with Gasteiger partial charge in [-0.25, -0.2) is 0 Å². The summed E-state index contributed by atoms with van der Waals surface area (Å²) in [5.41, 5.74) is 13.3. The van der Waals surface area contributed by atoms with Gasteiger partial charge in [0.25, 0.3) is 0 Å². The molecule has 2 nitrogen and oxygen atoms in total. The van der Waals surface area contributed by atoms with Crippen LogP contribution in [0.1, 0.15) is 105 Å². The minimum atomic E-state index is 0.105. The van der Waals surface area contributed by atoms with Crippen LogP contribution in [0, 0.1) is 32.6 Å². The summed E-state index contributed by atoms with van der Waals surface area (Å²) in [5, 5.41) is 0. The van der Waals surface area contributed by atoms with Crippen LogP contribution in [-0.4, -0.2) is 0 Å². The fraction of sp³-hybridized carbons (Fsp3) is 0.474. The van der Waals surface area contributed by atoms with Crippen LogP contribution in [0.2, 0.25) is 0 Å². The van der Waals surface area contributed by atoms with E-state index in [1.54, 1.807) is 11.3 Å². The van der Waals surface area contributed by atoms with Crippen LogP contribution >= 0.6 is 0 Å². The Morgan fingerprint density at radius 3 is 1.68 bits per heavy atom. The fourth-order valence-electron chi connectivity index (χ4n) is 9.54. The van der Waals surface area contributed by atoms with Crippen LogP contribution in [0.15, 0.2) is 78.1 Å². The SMILES string of the molecule is CC1=C2N(c3ccccc3C2(C2CCCCC2)C2CCCCC2)C(c2c(C)cccc2C)N1c1ccccc1C. The van der Waals surface area contributed by atoms with Gasteiger partial charge >= 0.3 is 0 Å². The Balaban J connectivity index is 1.55. The highest BCUT2D eigenvalue weighted by Gasteiger charge is 2.61. The quantitative estimate of drug-likeness (QED) is 0.331. The second kappa shape index (κ2) is 10.1. The molecule has 3 aromatic rings. The molecule has 40 heavy (non-hydrogen) atoms. The lowest BCUT2D eigenvalue weighted by Gasteiger charge is -2.48. The average molecular weight is 531 g/mol. The summed E-state index contributed by atoms with van der Waals surface area (Å²) in [6.45, 7) is 9.41. The number of benzene rings is 3. The van der Waals surface area contributed by atoms with Crippen molar-refractivity contribution in [2.45, 2.75) is 103 Å². The summed E-state index contributed by atoms with van der Waals surface area (Å²) in [7, 11) is 0. The van der Waals surface area contributed by atoms with E-state index < -0.39 is 0 Å². The monoisotopic (exact) mass is 530 g/mol. The van der Waals surface area contributed by atoms with E-state index in [9.17, 15) is 0 Å². The summed E-state index contributed by atoms with van der Waals surface area (Å²) in [4.78, 5) is 5.58. The van der Waals surface area contributed by atoms with Gasteiger partial charge in [-0.2, -0.15) is 0 Å². The van der Waals surface area contributed by atoms with E-state index in [-0.39, 0.29) is 11.6 Å². The van der Waals surface area contributed by atoms with Gasteiger partial charge in [-0.15, -0.1) is 0 Å². The standard InChI is InChI=1S/C38H46N2/c1-26-16-11-13-24-33(26)39-29(4)36-38(30-19-7-5-8-20-30,31-21-9-6-10-22-31)32-23-12-14-25-34(32)40(36)37(39)35-27(2)17-15-18-28(35)3/h11-18,23-25,30-31,37H,5-10,19-22H2,1-4H3. The lowest BCUT2D eigenvalue weighted by Crippen LogP contribution is -2.46. The van der Waals surface area contributed by atoms with Crippen LogP contribution in [0.5, 0.6) is 0 Å². The van der Waals surface area contributed by atoms with E-state index in [0.29, 0.717) is 0 Å². The minimum absolute atomic E-state index is 0.105. The molecule has 2 fully saturated rings. The molecular weight excluding hydrogens is 484 g/mol. The van der Waals surface area contributed by atoms with Crippen molar-refractivity contribution in [2.24, 2.45) is 11.8 Å². The van der Waals surface area contributed by atoms with Gasteiger partial charge in [-0.1, -0.05) is 93.1 Å². The molecule has 2 saturated carbocycles. The normalized spacial score (nSPS) is 23.1. The first-order valence-electron chi connectivity index (χ1n) is 16.1. The number of hydrogen-bond donors (Lipinski definition) is 0. The van der Waals surface area contributed by atoms with Crippen molar-refractivity contribution in [3.8, 4) is 0 Å². The predicted molar refractivity (Wildman–Crippen MR) is 169 cm³/mol. The number of para-hydroxylation sites is 2. The number of hydrogen-bond acceptors (Lipinski definition) is 2. The molecule has 4 aliphatic rings. The first-order chi connectivity index (χ1) is 19.5. The number of rotatable bonds is 4. The van der Waals surface area contributed by atoms with E-state index in [0.717, 1.165) is 11.8 Å². The van der Waals surface area contributed by atoms with Crippen molar-refractivity contribution in [2.75, 3.05) is 9.80 Å². The second-order valence-electron chi connectivity index (χ2n) is 13.2. The van der Waals surface area contributed by atoms with E-state index in [1.165, 1.54) is 104 Å². The summed E-state index contributed by atoms with van der Waals surface area (Å²) < 4.78 is 0. The van der Waals surface area contributed by atoms with E-state index in [4.69, 9.17) is 0 Å². The Morgan fingerprint density at radius 2 is 1.07 bits per heavy atom. The van der Waals surface area contributed by atoms with Crippen molar-refractivity contribution in [1.29, 1.82) is 0 Å². The third kappa shape index (κ3) is 3.67. The maximum Gasteiger partial charge on any atom is 0.137 e. The predicted octanol–water partition coefficient (Wildman–Crippen LogP) is 10.3. The van der Waals surface area contributed by atoms with Gasteiger partial charge in [-0.3, -0.25) is 0 Å². The van der Waals surface area contributed by atoms with Crippen molar-refractivity contribution in [1.82, 2.24) is 0 Å². The average Bonchev–Trinajstić information content (AvgIpc) is 3.45. The number of allylic oxidation sites excluding steroid dienone is 2. The largest absolute Gasteiger partial charge is 0.318 e. The van der Waals surface area contributed by atoms with Gasteiger partial charge in [0.1, 0.15) is 6.17 Å². The third-order valence-electron chi connectivity index (χ3n) is 11.1. The molecule has 1 atom stereocenters. The maximum atomic E-state index is 2.84. The smallest absolute Gasteiger partial charge is 0.137 e. The van der Waals surface area contributed by atoms with Gasteiger partial charge in [0.15, 0.2) is 0 Å². The molecule has 0 saturated heterocycles. The zero-order chi connectivity index (χ0) is 27.4. The molecule has 208 valence electrons. The van der Waals surface area contributed by atoms with Crippen molar-refractivity contribution >= 4 is 11.4 Å². The summed E-state index contributed by atoms with van der Waals surface area (Å²) in [5.74, 6) is 1.44. The lowest BCUT2D eigenvalue weighted by molar-refractivity contribution is 0.134. The highest BCUT2D eigenvalue weighted by molar-refractivity contribution is 5.80. The number of fused-ring (bicyclic) bond motifs is 3. The zero-order valence-corrected chi connectivity index (χ0v) is 25.0. The molecule has 0 N–H and O–H groups in total. The molecule has 2 aliphatic heterocycles.